The number of esters is 2. The number of ether oxygens (including phenoxy) is 2. The zero-order chi connectivity index (χ0) is 21.2. The molecule has 0 bridgehead atoms. The molecule has 2 N–H and O–H groups in total. The highest BCUT2D eigenvalue weighted by Gasteiger charge is 2.25. The minimum absolute atomic E-state index is 0.269. The fraction of sp³-hybridized carbons (Fsp3) is 0. The van der Waals surface area contributed by atoms with Crippen molar-refractivity contribution in [2.75, 3.05) is 0 Å². The first-order valence-corrected chi connectivity index (χ1v) is 8.41. The molecule has 2 aromatic rings. The Morgan fingerprint density at radius 1 is 0.607 bits per heavy atom. The van der Waals surface area contributed by atoms with Crippen LogP contribution in [0.5, 0.6) is 11.5 Å². The molecule has 0 fully saturated rings. The van der Waals surface area contributed by atoms with Crippen molar-refractivity contribution in [1.82, 2.24) is 0 Å². The van der Waals surface area contributed by atoms with Crippen molar-refractivity contribution in [2.45, 2.75) is 0 Å². The molecule has 28 heavy (non-hydrogen) atoms. The molecule has 146 valence electrons. The average Bonchev–Trinajstić information content (AvgIpc) is 2.60. The van der Waals surface area contributed by atoms with E-state index in [1.807, 2.05) is 0 Å². The minimum atomic E-state index is -1.57. The third kappa shape index (κ3) is 4.85. The SMILES string of the molecule is O=C(Oc1c(Cl)cc(C(=O)O)cc1Cl)C(=O)Oc1c(Cl)cc(C(=O)O)cc1Cl. The predicted molar refractivity (Wildman–Crippen MR) is 98.1 cm³/mol. The molecule has 0 aliphatic carbocycles. The molecule has 0 atom stereocenters. The summed E-state index contributed by atoms with van der Waals surface area (Å²) in [5, 5.41) is 16.4. The topological polar surface area (TPSA) is 127 Å². The molecule has 12 heteroatoms. The summed E-state index contributed by atoms with van der Waals surface area (Å²) in [4.78, 5) is 45.7. The van der Waals surface area contributed by atoms with E-state index >= 15 is 0 Å². The summed E-state index contributed by atoms with van der Waals surface area (Å²) < 4.78 is 9.47. The van der Waals surface area contributed by atoms with Crippen molar-refractivity contribution in [3.8, 4) is 11.5 Å². The van der Waals surface area contributed by atoms with Crippen molar-refractivity contribution in [3.63, 3.8) is 0 Å². The van der Waals surface area contributed by atoms with Gasteiger partial charge in [-0.2, -0.15) is 0 Å². The van der Waals surface area contributed by atoms with Crippen LogP contribution < -0.4 is 9.47 Å². The molecular weight excluding hydrogens is 462 g/mol. The Labute approximate surface area is 176 Å². The number of rotatable bonds is 4. The maximum Gasteiger partial charge on any atom is 0.423 e. The lowest BCUT2D eigenvalue weighted by atomic mass is 10.2. The van der Waals surface area contributed by atoms with Gasteiger partial charge in [0.2, 0.25) is 0 Å². The fourth-order valence-corrected chi connectivity index (χ4v) is 2.96. The van der Waals surface area contributed by atoms with Gasteiger partial charge in [0.25, 0.3) is 0 Å². The molecule has 2 aromatic carbocycles. The highest BCUT2D eigenvalue weighted by Crippen LogP contribution is 2.36. The van der Waals surface area contributed by atoms with E-state index in [1.54, 1.807) is 0 Å². The second kappa shape index (κ2) is 8.66. The lowest BCUT2D eigenvalue weighted by molar-refractivity contribution is -0.156. The molecule has 0 amide bonds. The standard InChI is InChI=1S/C16H6Cl4O8/c17-7-1-5(13(21)22)2-8(18)11(7)27-15(25)16(26)28-12-9(19)3-6(14(23)24)4-10(12)20/h1-4H,(H,21,22)(H,23,24). The Hall–Kier alpha value is -2.52. The van der Waals surface area contributed by atoms with Crippen LogP contribution in [0.15, 0.2) is 24.3 Å². The monoisotopic (exact) mass is 466 g/mol. The van der Waals surface area contributed by atoms with Crippen molar-refractivity contribution in [2.24, 2.45) is 0 Å². The first-order valence-electron chi connectivity index (χ1n) is 6.90. The van der Waals surface area contributed by atoms with E-state index in [-0.39, 0.29) is 31.2 Å². The number of hydrogen-bond donors (Lipinski definition) is 2. The van der Waals surface area contributed by atoms with Crippen LogP contribution in [-0.2, 0) is 9.59 Å². The van der Waals surface area contributed by atoms with Gasteiger partial charge in [0.1, 0.15) is 0 Å². The molecular formula is C16H6Cl4O8. The van der Waals surface area contributed by atoms with E-state index in [1.165, 1.54) is 0 Å². The Kier molecular flexibility index (Phi) is 6.73. The van der Waals surface area contributed by atoms with Gasteiger partial charge in [-0.05, 0) is 24.3 Å². The molecule has 0 radical (unpaired) electrons. The Balaban J connectivity index is 2.22. The number of carbonyl (C=O) groups is 4. The molecule has 0 aliphatic heterocycles. The fourth-order valence-electron chi connectivity index (χ4n) is 1.83. The predicted octanol–water partition coefficient (Wildman–Crippen LogP) is 4.21. The van der Waals surface area contributed by atoms with Crippen LogP contribution in [0.3, 0.4) is 0 Å². The molecule has 0 spiro atoms. The summed E-state index contributed by atoms with van der Waals surface area (Å²) in [6.45, 7) is 0. The zero-order valence-electron chi connectivity index (χ0n) is 13.2. The lowest BCUT2D eigenvalue weighted by Gasteiger charge is -2.11. The van der Waals surface area contributed by atoms with Crippen LogP contribution in [0.25, 0.3) is 0 Å². The average molecular weight is 468 g/mol. The van der Waals surface area contributed by atoms with Gasteiger partial charge < -0.3 is 19.7 Å². The Bertz CT molecular complexity index is 890. The van der Waals surface area contributed by atoms with Gasteiger partial charge >= 0.3 is 23.9 Å². The van der Waals surface area contributed by atoms with E-state index in [2.05, 4.69) is 0 Å². The highest BCUT2D eigenvalue weighted by atomic mass is 35.5. The Morgan fingerprint density at radius 2 is 0.857 bits per heavy atom. The number of aromatic carboxylic acids is 2. The normalized spacial score (nSPS) is 10.3. The number of carboxylic acid groups (broad SMARTS) is 2. The van der Waals surface area contributed by atoms with Crippen LogP contribution in [0.2, 0.25) is 20.1 Å². The summed E-state index contributed by atoms with van der Waals surface area (Å²) in [5.41, 5.74) is -0.538. The number of benzene rings is 2. The summed E-state index contributed by atoms with van der Waals surface area (Å²) in [7, 11) is 0. The third-order valence-electron chi connectivity index (χ3n) is 3.05. The van der Waals surface area contributed by atoms with Gasteiger partial charge in [0.15, 0.2) is 11.5 Å². The molecule has 0 aromatic heterocycles. The number of halogens is 4. The second-order valence-electron chi connectivity index (χ2n) is 4.93. The first-order chi connectivity index (χ1) is 13.0. The number of carbonyl (C=O) groups excluding carboxylic acids is 2. The van der Waals surface area contributed by atoms with Crippen LogP contribution in [0.4, 0.5) is 0 Å². The third-order valence-corrected chi connectivity index (χ3v) is 4.17. The van der Waals surface area contributed by atoms with Crippen molar-refractivity contribution in [1.29, 1.82) is 0 Å². The quantitative estimate of drug-likeness (QED) is 0.389. The molecule has 0 saturated heterocycles. The molecule has 8 nitrogen and oxygen atoms in total. The van der Waals surface area contributed by atoms with Crippen LogP contribution in [-0.4, -0.2) is 34.1 Å². The zero-order valence-corrected chi connectivity index (χ0v) is 16.2. The number of carboxylic acids is 2. The van der Waals surface area contributed by atoms with Gasteiger partial charge in [0.05, 0.1) is 31.2 Å². The maximum absolute atomic E-state index is 11.9. The van der Waals surface area contributed by atoms with E-state index in [0.29, 0.717) is 0 Å². The minimum Gasteiger partial charge on any atom is -0.478 e. The van der Waals surface area contributed by atoms with Gasteiger partial charge in [-0.25, -0.2) is 19.2 Å². The molecule has 0 aliphatic rings. The van der Waals surface area contributed by atoms with Gasteiger partial charge in [0, 0.05) is 0 Å². The van der Waals surface area contributed by atoms with Crippen LogP contribution in [0.1, 0.15) is 20.7 Å². The highest BCUT2D eigenvalue weighted by molar-refractivity contribution is 6.40. The van der Waals surface area contributed by atoms with Gasteiger partial charge in [-0.3, -0.25) is 0 Å². The summed E-state index contributed by atoms with van der Waals surface area (Å²) >= 11 is 23.2. The van der Waals surface area contributed by atoms with E-state index in [0.717, 1.165) is 24.3 Å². The summed E-state index contributed by atoms with van der Waals surface area (Å²) in [6, 6.07) is 3.84. The van der Waals surface area contributed by atoms with Crippen LogP contribution >= 0.6 is 46.4 Å². The molecule has 0 saturated carbocycles. The van der Waals surface area contributed by atoms with Crippen LogP contribution in [0, 0.1) is 0 Å². The first kappa shape index (κ1) is 21.8. The Morgan fingerprint density at radius 3 is 1.07 bits per heavy atom. The molecule has 0 heterocycles. The number of hydrogen-bond acceptors (Lipinski definition) is 6. The van der Waals surface area contributed by atoms with E-state index in [4.69, 9.17) is 66.1 Å². The summed E-state index contributed by atoms with van der Waals surface area (Å²) in [6.07, 6.45) is 0. The molecule has 2 rings (SSSR count). The largest absolute Gasteiger partial charge is 0.478 e. The van der Waals surface area contributed by atoms with Gasteiger partial charge in [-0.15, -0.1) is 0 Å². The maximum atomic E-state index is 11.9. The van der Waals surface area contributed by atoms with E-state index in [9.17, 15) is 19.2 Å². The smallest absolute Gasteiger partial charge is 0.423 e. The van der Waals surface area contributed by atoms with E-state index < -0.39 is 35.4 Å². The summed E-state index contributed by atoms with van der Waals surface area (Å²) in [5.74, 6) is -6.71. The van der Waals surface area contributed by atoms with Crippen molar-refractivity contribution >= 4 is 70.3 Å². The lowest BCUT2D eigenvalue weighted by Crippen LogP contribution is -2.26. The second-order valence-corrected chi connectivity index (χ2v) is 6.56. The van der Waals surface area contributed by atoms with Crippen molar-refractivity contribution in [3.05, 3.63) is 55.5 Å². The van der Waals surface area contributed by atoms with Crippen molar-refractivity contribution < 1.29 is 38.9 Å². The van der Waals surface area contributed by atoms with Gasteiger partial charge in [-0.1, -0.05) is 46.4 Å². The molecule has 0 unspecified atom stereocenters.